The van der Waals surface area contributed by atoms with Crippen molar-refractivity contribution < 1.29 is 48.8 Å². The van der Waals surface area contributed by atoms with Crippen molar-refractivity contribution >= 4 is 39.0 Å². The Hall–Kier alpha value is -3.48. The van der Waals surface area contributed by atoms with Crippen LogP contribution in [-0.2, 0) is 0 Å². The monoisotopic (exact) mass is 524 g/mol. The minimum Gasteiger partial charge on any atom is -0.448 e. The standard InChI is InChI=1S/C21H8BClF10N2/c23-22(10-12(24)16(28)20(32)17(29)13(10)25,11-14(26)18(30)21(33)19(31)15(11)27)35-9-6-5-7-3-1-2-4-8(7)34-9/h1-6,34-35H/b35-9-. The lowest BCUT2D eigenvalue weighted by Crippen LogP contribution is -3.01. The van der Waals surface area contributed by atoms with Crippen LogP contribution in [-0.4, -0.2) is 10.7 Å². The molecule has 0 aliphatic rings. The van der Waals surface area contributed by atoms with Crippen LogP contribution in [0.25, 0.3) is 10.9 Å². The van der Waals surface area contributed by atoms with Crippen LogP contribution in [0, 0.1) is 58.2 Å². The van der Waals surface area contributed by atoms with Crippen molar-refractivity contribution in [2.75, 3.05) is 0 Å². The first kappa shape index (κ1) is 24.6. The number of hydrogen-bond acceptors (Lipinski definition) is 0. The third-order valence-corrected chi connectivity index (χ3v) is 5.84. The van der Waals surface area contributed by atoms with Crippen LogP contribution >= 0.6 is 11.5 Å². The first-order valence-electron chi connectivity index (χ1n) is 9.46. The Balaban J connectivity index is 2.21. The van der Waals surface area contributed by atoms with Crippen LogP contribution in [0.2, 0.25) is 0 Å². The Morgan fingerprint density at radius 2 is 0.943 bits per heavy atom. The van der Waals surface area contributed by atoms with E-state index < -0.39 is 80.3 Å². The van der Waals surface area contributed by atoms with Crippen molar-refractivity contribution in [3.63, 3.8) is 0 Å². The SMILES string of the molecule is Fc1c(F)c(F)c([B-](Cl)(/[NH+]=c2/ccc3ccccc3[nH]2)c2c(F)c(F)c(F)c(F)c2F)c(F)c1F. The van der Waals surface area contributed by atoms with Crippen molar-refractivity contribution in [3.8, 4) is 0 Å². The van der Waals surface area contributed by atoms with E-state index in [1.807, 2.05) is 4.90 Å². The molecule has 0 unspecified atom stereocenters. The average Bonchev–Trinajstić information content (AvgIpc) is 2.84. The summed E-state index contributed by atoms with van der Waals surface area (Å²) in [5.74, 6) is -26.1. The number of aromatic nitrogens is 1. The highest BCUT2D eigenvalue weighted by Gasteiger charge is 2.45. The third-order valence-electron chi connectivity index (χ3n) is 5.30. The van der Waals surface area contributed by atoms with E-state index in [0.29, 0.717) is 10.9 Å². The topological polar surface area (TPSA) is 29.8 Å². The summed E-state index contributed by atoms with van der Waals surface area (Å²) in [5, 5.41) is 0.540. The van der Waals surface area contributed by atoms with Gasteiger partial charge in [0.1, 0.15) is 28.8 Å². The molecule has 3 aromatic carbocycles. The average molecular weight is 525 g/mol. The zero-order chi connectivity index (χ0) is 25.8. The molecule has 0 saturated carbocycles. The Morgan fingerprint density at radius 1 is 0.543 bits per heavy atom. The summed E-state index contributed by atoms with van der Waals surface area (Å²) in [6, 6.07) is 8.69. The molecule has 0 spiro atoms. The van der Waals surface area contributed by atoms with Gasteiger partial charge in [0.05, 0.1) is 0 Å². The predicted octanol–water partition coefficient (Wildman–Crippen LogP) is 3.04. The van der Waals surface area contributed by atoms with Gasteiger partial charge < -0.3 is 16.4 Å². The predicted molar refractivity (Wildman–Crippen MR) is 106 cm³/mol. The molecule has 0 aliphatic heterocycles. The molecule has 0 atom stereocenters. The number of H-pyrrole nitrogens is 1. The quantitative estimate of drug-likeness (QED) is 0.179. The summed E-state index contributed by atoms with van der Waals surface area (Å²) in [7, 11) is 0. The summed E-state index contributed by atoms with van der Waals surface area (Å²) in [5.41, 5.74) is -8.89. The maximum absolute atomic E-state index is 14.7. The zero-order valence-electron chi connectivity index (χ0n) is 16.7. The molecule has 4 rings (SSSR count). The van der Waals surface area contributed by atoms with E-state index in [1.165, 1.54) is 18.2 Å². The van der Waals surface area contributed by atoms with Crippen molar-refractivity contribution in [2.45, 2.75) is 0 Å². The Kier molecular flexibility index (Phi) is 6.08. The summed E-state index contributed by atoms with van der Waals surface area (Å²) in [6.07, 6.45) is 0. The van der Waals surface area contributed by atoms with Gasteiger partial charge in [-0.3, -0.25) is 0 Å². The maximum atomic E-state index is 14.7. The molecule has 1 aromatic heterocycles. The van der Waals surface area contributed by atoms with E-state index in [1.54, 1.807) is 12.1 Å². The Morgan fingerprint density at radius 3 is 1.40 bits per heavy atom. The number of para-hydroxylation sites is 1. The highest BCUT2D eigenvalue weighted by molar-refractivity contribution is 7.29. The van der Waals surface area contributed by atoms with Crippen LogP contribution < -0.4 is 21.3 Å². The number of rotatable bonds is 3. The van der Waals surface area contributed by atoms with E-state index in [2.05, 4.69) is 4.98 Å². The van der Waals surface area contributed by atoms with Crippen LogP contribution in [0.4, 0.5) is 43.9 Å². The molecule has 0 radical (unpaired) electrons. The van der Waals surface area contributed by atoms with E-state index in [4.69, 9.17) is 11.5 Å². The fourth-order valence-corrected chi connectivity index (χ4v) is 4.15. The lowest BCUT2D eigenvalue weighted by atomic mass is 9.48. The minimum atomic E-state index is -4.66. The normalized spacial score (nSPS) is 12.6. The number of nitrogens with one attached hydrogen (secondary N) is 2. The highest BCUT2D eigenvalue weighted by atomic mass is 35.5. The van der Waals surface area contributed by atoms with E-state index in [0.717, 1.165) is 6.07 Å². The number of hydrogen-bond donors (Lipinski definition) is 2. The molecule has 1 heterocycles. The molecule has 14 heteroatoms. The lowest BCUT2D eigenvalue weighted by molar-refractivity contribution is -0.350. The van der Waals surface area contributed by atoms with Gasteiger partial charge in [-0.1, -0.05) is 29.1 Å². The van der Waals surface area contributed by atoms with E-state index in [9.17, 15) is 43.9 Å². The van der Waals surface area contributed by atoms with Gasteiger partial charge >= 0.3 is 5.70 Å². The fourth-order valence-electron chi connectivity index (χ4n) is 3.65. The second kappa shape index (κ2) is 8.63. The second-order valence-electron chi connectivity index (χ2n) is 7.33. The van der Waals surface area contributed by atoms with Crippen molar-refractivity contribution in [1.82, 2.24) is 4.98 Å². The van der Waals surface area contributed by atoms with Crippen LogP contribution in [0.1, 0.15) is 0 Å². The van der Waals surface area contributed by atoms with Gasteiger partial charge in [-0.15, -0.1) is 0 Å². The highest BCUT2D eigenvalue weighted by Crippen LogP contribution is 2.23. The summed E-state index contributed by atoms with van der Waals surface area (Å²) >= 11 is 6.15. The number of benzene rings is 3. The number of aromatic amines is 1. The van der Waals surface area contributed by atoms with Gasteiger partial charge in [0.2, 0.25) is 5.49 Å². The molecule has 182 valence electrons. The molecule has 0 aliphatic carbocycles. The lowest BCUT2D eigenvalue weighted by Gasteiger charge is -2.30. The van der Waals surface area contributed by atoms with E-state index in [-0.39, 0.29) is 0 Å². The second-order valence-corrected chi connectivity index (χ2v) is 7.99. The largest absolute Gasteiger partial charge is 0.448 e. The molecule has 35 heavy (non-hydrogen) atoms. The summed E-state index contributed by atoms with van der Waals surface area (Å²) in [6.45, 7) is 0. The molecule has 4 aromatic rings. The molecular weight excluding hydrogens is 516 g/mol. The smallest absolute Gasteiger partial charge is 0.332 e. The van der Waals surface area contributed by atoms with Crippen LogP contribution in [0.15, 0.2) is 36.4 Å². The molecule has 0 saturated heterocycles. The first-order valence-corrected chi connectivity index (χ1v) is 9.90. The molecule has 0 amide bonds. The number of halogens is 11. The van der Waals surface area contributed by atoms with Gasteiger partial charge in [0.15, 0.2) is 34.9 Å². The Labute approximate surface area is 193 Å². The van der Waals surface area contributed by atoms with Crippen molar-refractivity contribution in [3.05, 3.63) is 100 Å². The summed E-state index contributed by atoms with van der Waals surface area (Å²) in [4.78, 5) is 4.58. The molecule has 2 N–H and O–H groups in total. The molecular formula is C21H8BClF10N2. The third kappa shape index (κ3) is 3.74. The zero-order valence-corrected chi connectivity index (χ0v) is 17.5. The fraction of sp³-hybridized carbons (Fsp3) is 0. The number of pyridine rings is 1. The van der Waals surface area contributed by atoms with Crippen LogP contribution in [0.3, 0.4) is 0 Å². The molecule has 0 fully saturated rings. The molecule has 2 nitrogen and oxygen atoms in total. The van der Waals surface area contributed by atoms with Gasteiger partial charge in [0, 0.05) is 11.5 Å². The maximum Gasteiger partial charge on any atom is 0.332 e. The van der Waals surface area contributed by atoms with Gasteiger partial charge in [-0.05, 0) is 12.1 Å². The van der Waals surface area contributed by atoms with E-state index >= 15 is 0 Å². The Bertz CT molecular complexity index is 1460. The molecule has 0 bridgehead atoms. The van der Waals surface area contributed by atoms with Crippen LogP contribution in [0.5, 0.6) is 0 Å². The van der Waals surface area contributed by atoms with Gasteiger partial charge in [-0.25, -0.2) is 48.9 Å². The van der Waals surface area contributed by atoms with Crippen molar-refractivity contribution in [2.24, 2.45) is 0 Å². The summed E-state index contributed by atoms with van der Waals surface area (Å²) < 4.78 is 142. The minimum absolute atomic E-state index is 0.294. The van der Waals surface area contributed by atoms with Gasteiger partial charge in [0.25, 0.3) is 0 Å². The van der Waals surface area contributed by atoms with Crippen molar-refractivity contribution in [1.29, 1.82) is 0 Å². The van der Waals surface area contributed by atoms with Gasteiger partial charge in [-0.2, -0.15) is 0 Å². The first-order chi connectivity index (χ1) is 16.4. The number of fused-ring (bicyclic) bond motifs is 1.